The highest BCUT2D eigenvalue weighted by Crippen LogP contribution is 2.42. The zero-order chi connectivity index (χ0) is 18.9. The Morgan fingerprint density at radius 3 is 2.35 bits per heavy atom. The van der Waals surface area contributed by atoms with E-state index in [9.17, 15) is 18.3 Å². The Hall–Kier alpha value is -2.25. The van der Waals surface area contributed by atoms with E-state index in [1.54, 1.807) is 12.1 Å². The van der Waals surface area contributed by atoms with Gasteiger partial charge >= 0.3 is 6.18 Å². The third-order valence-electron chi connectivity index (χ3n) is 4.50. The summed E-state index contributed by atoms with van der Waals surface area (Å²) in [6, 6.07) is 8.28. The van der Waals surface area contributed by atoms with E-state index in [1.807, 2.05) is 0 Å². The van der Waals surface area contributed by atoms with Crippen LogP contribution in [0.4, 0.5) is 13.2 Å². The zero-order valence-electron chi connectivity index (χ0n) is 14.3. The van der Waals surface area contributed by atoms with Crippen molar-refractivity contribution >= 4 is 0 Å². The highest BCUT2D eigenvalue weighted by Gasteiger charge is 2.34. The molecule has 1 N–H and O–H groups in total. The monoisotopic (exact) mass is 368 g/mol. The molecule has 2 aromatic carbocycles. The van der Waals surface area contributed by atoms with Crippen molar-refractivity contribution in [3.8, 4) is 11.5 Å². The molecule has 0 spiro atoms. The molecule has 4 nitrogen and oxygen atoms in total. The summed E-state index contributed by atoms with van der Waals surface area (Å²) in [5.41, 5.74) is 1.28. The minimum absolute atomic E-state index is 0.0613. The Morgan fingerprint density at radius 2 is 1.77 bits per heavy atom. The van der Waals surface area contributed by atoms with Gasteiger partial charge in [-0.05, 0) is 29.3 Å². The largest absolute Gasteiger partial charge is 0.497 e. The van der Waals surface area contributed by atoms with Crippen LogP contribution in [0.3, 0.4) is 0 Å². The summed E-state index contributed by atoms with van der Waals surface area (Å²) in [6.07, 6.45) is -5.33. The van der Waals surface area contributed by atoms with Gasteiger partial charge in [0.1, 0.15) is 11.5 Å². The van der Waals surface area contributed by atoms with Crippen molar-refractivity contribution in [3.05, 3.63) is 58.7 Å². The molecule has 0 radical (unpaired) electrons. The van der Waals surface area contributed by atoms with Crippen molar-refractivity contribution in [2.24, 2.45) is 0 Å². The molecule has 1 heterocycles. The number of rotatable bonds is 3. The number of aliphatic hydroxyl groups excluding tert-OH is 1. The second-order valence-corrected chi connectivity index (χ2v) is 6.08. The van der Waals surface area contributed by atoms with Gasteiger partial charge in [0.2, 0.25) is 0 Å². The zero-order valence-corrected chi connectivity index (χ0v) is 14.3. The van der Waals surface area contributed by atoms with Crippen molar-refractivity contribution in [1.29, 1.82) is 0 Å². The quantitative estimate of drug-likeness (QED) is 0.897. The first-order valence-electron chi connectivity index (χ1n) is 8.03. The number of halogens is 3. The SMILES string of the molecule is COc1cc2c(c(OC)c1)[C@@H](c1ccc(C(F)(F)F)cc1)[C@H](O)COC2. The summed E-state index contributed by atoms with van der Waals surface area (Å²) < 4.78 is 54.8. The summed E-state index contributed by atoms with van der Waals surface area (Å²) in [7, 11) is 3.03. The Kier molecular flexibility index (Phi) is 5.11. The maximum absolute atomic E-state index is 12.8. The molecule has 0 amide bonds. The van der Waals surface area contributed by atoms with E-state index < -0.39 is 23.8 Å². The average molecular weight is 368 g/mol. The first-order chi connectivity index (χ1) is 12.3. The van der Waals surface area contributed by atoms with Gasteiger partial charge in [-0.2, -0.15) is 13.2 Å². The van der Waals surface area contributed by atoms with Gasteiger partial charge in [-0.25, -0.2) is 0 Å². The molecule has 7 heteroatoms. The third-order valence-corrected chi connectivity index (χ3v) is 4.50. The molecule has 0 bridgehead atoms. The van der Waals surface area contributed by atoms with E-state index in [0.717, 1.165) is 17.7 Å². The molecule has 2 atom stereocenters. The highest BCUT2D eigenvalue weighted by atomic mass is 19.4. The molecule has 0 saturated carbocycles. The molecule has 1 aliphatic rings. The predicted molar refractivity (Wildman–Crippen MR) is 88.5 cm³/mol. The summed E-state index contributed by atoms with van der Waals surface area (Å²) in [5, 5.41) is 10.6. The highest BCUT2D eigenvalue weighted by molar-refractivity contribution is 5.52. The standard InChI is InChI=1S/C19H19F3O4/c1-24-14-7-12-9-26-10-15(23)17(18(12)16(8-14)25-2)11-3-5-13(6-4-11)19(20,21)22/h3-8,15,17,23H,9-10H2,1-2H3/t15-,17+/m1/s1. The fraction of sp³-hybridized carbons (Fsp3) is 0.368. The predicted octanol–water partition coefficient (Wildman–Crippen LogP) is 3.75. The van der Waals surface area contributed by atoms with Crippen molar-refractivity contribution in [1.82, 2.24) is 0 Å². The second-order valence-electron chi connectivity index (χ2n) is 6.08. The minimum atomic E-state index is -4.41. The molecule has 3 rings (SSSR count). The van der Waals surface area contributed by atoms with Crippen LogP contribution in [-0.4, -0.2) is 32.0 Å². The van der Waals surface area contributed by atoms with Gasteiger partial charge in [0, 0.05) is 17.5 Å². The van der Waals surface area contributed by atoms with E-state index in [0.29, 0.717) is 22.6 Å². The molecule has 26 heavy (non-hydrogen) atoms. The Bertz CT molecular complexity index is 772. The third kappa shape index (κ3) is 3.50. The maximum Gasteiger partial charge on any atom is 0.416 e. The van der Waals surface area contributed by atoms with Crippen molar-refractivity contribution in [3.63, 3.8) is 0 Å². The molecular formula is C19H19F3O4. The van der Waals surface area contributed by atoms with E-state index in [2.05, 4.69) is 0 Å². The van der Waals surface area contributed by atoms with Gasteiger partial charge in [0.05, 0.1) is 39.1 Å². The summed E-state index contributed by atoms with van der Waals surface area (Å²) in [4.78, 5) is 0. The first-order valence-corrected chi connectivity index (χ1v) is 8.03. The number of fused-ring (bicyclic) bond motifs is 1. The lowest BCUT2D eigenvalue weighted by atomic mass is 9.83. The Labute approximate surface area is 149 Å². The van der Waals surface area contributed by atoms with E-state index in [1.165, 1.54) is 26.4 Å². The molecule has 0 saturated heterocycles. The number of aliphatic hydroxyl groups is 1. The van der Waals surface area contributed by atoms with E-state index >= 15 is 0 Å². The molecule has 0 aromatic heterocycles. The van der Waals surface area contributed by atoms with Crippen LogP contribution in [0.2, 0.25) is 0 Å². The van der Waals surface area contributed by atoms with Crippen molar-refractivity contribution < 1.29 is 32.5 Å². The maximum atomic E-state index is 12.8. The van der Waals surface area contributed by atoms with E-state index in [-0.39, 0.29) is 13.2 Å². The van der Waals surface area contributed by atoms with Gasteiger partial charge in [-0.1, -0.05) is 12.1 Å². The summed E-state index contributed by atoms with van der Waals surface area (Å²) >= 11 is 0. The van der Waals surface area contributed by atoms with Crippen molar-refractivity contribution in [2.45, 2.75) is 24.8 Å². The van der Waals surface area contributed by atoms with E-state index in [4.69, 9.17) is 14.2 Å². The van der Waals surface area contributed by atoms with Gasteiger partial charge in [-0.15, -0.1) is 0 Å². The fourth-order valence-corrected chi connectivity index (χ4v) is 3.26. The summed E-state index contributed by atoms with van der Waals surface area (Å²) in [6.45, 7) is 0.308. The van der Waals surface area contributed by atoms with Crippen LogP contribution in [-0.2, 0) is 17.5 Å². The van der Waals surface area contributed by atoms with Crippen LogP contribution in [0.5, 0.6) is 11.5 Å². The van der Waals surface area contributed by atoms with Gasteiger partial charge < -0.3 is 19.3 Å². The molecule has 2 aromatic rings. The van der Waals surface area contributed by atoms with Crippen LogP contribution >= 0.6 is 0 Å². The molecule has 0 unspecified atom stereocenters. The minimum Gasteiger partial charge on any atom is -0.497 e. The van der Waals surface area contributed by atoms with Gasteiger partial charge in [0.15, 0.2) is 0 Å². The lowest BCUT2D eigenvalue weighted by Crippen LogP contribution is -2.23. The smallest absolute Gasteiger partial charge is 0.416 e. The first kappa shape index (κ1) is 18.5. The molecule has 140 valence electrons. The number of hydrogen-bond donors (Lipinski definition) is 1. The van der Waals surface area contributed by atoms with Crippen LogP contribution in [0.25, 0.3) is 0 Å². The van der Waals surface area contributed by atoms with Crippen molar-refractivity contribution in [2.75, 3.05) is 20.8 Å². The number of methoxy groups -OCH3 is 2. The number of alkyl halides is 3. The average Bonchev–Trinajstić information content (AvgIpc) is 2.78. The topological polar surface area (TPSA) is 47.9 Å². The van der Waals surface area contributed by atoms with Crippen LogP contribution in [0.15, 0.2) is 36.4 Å². The fourth-order valence-electron chi connectivity index (χ4n) is 3.26. The molecule has 0 aliphatic carbocycles. The molecule has 1 aliphatic heterocycles. The van der Waals surface area contributed by atoms with Crippen LogP contribution in [0.1, 0.15) is 28.2 Å². The Balaban J connectivity index is 2.12. The molecule has 0 fully saturated rings. The van der Waals surface area contributed by atoms with Gasteiger partial charge in [0.25, 0.3) is 0 Å². The van der Waals surface area contributed by atoms with Crippen LogP contribution < -0.4 is 9.47 Å². The number of benzene rings is 2. The number of ether oxygens (including phenoxy) is 3. The summed E-state index contributed by atoms with van der Waals surface area (Å²) in [5.74, 6) is 0.496. The van der Waals surface area contributed by atoms with Crippen LogP contribution in [0, 0.1) is 0 Å². The lowest BCUT2D eigenvalue weighted by molar-refractivity contribution is -0.137. The molecular weight excluding hydrogens is 349 g/mol. The normalized spacial score (nSPS) is 20.2. The Morgan fingerprint density at radius 1 is 1.08 bits per heavy atom. The second kappa shape index (κ2) is 7.17. The van der Waals surface area contributed by atoms with Gasteiger partial charge in [-0.3, -0.25) is 0 Å². The lowest BCUT2D eigenvalue weighted by Gasteiger charge is -2.25. The number of hydrogen-bond acceptors (Lipinski definition) is 4.